The molecule has 2 aliphatic carbocycles. The van der Waals surface area contributed by atoms with Crippen LogP contribution in [-0.4, -0.2) is 31.4 Å². The number of carbonyl (C=O) groups excluding carboxylic acids is 1. The number of unbranched alkanes of at least 4 members (excludes halogenated alkanes) is 2. The lowest BCUT2D eigenvalue weighted by Crippen LogP contribution is -2.31. The van der Waals surface area contributed by atoms with E-state index in [1.54, 1.807) is 0 Å². The molecule has 1 aromatic carbocycles. The summed E-state index contributed by atoms with van der Waals surface area (Å²) < 4.78 is 15.5. The molecule has 2 heterocycles. The van der Waals surface area contributed by atoms with Crippen molar-refractivity contribution in [2.45, 2.75) is 65.7 Å². The van der Waals surface area contributed by atoms with Crippen LogP contribution in [0.15, 0.2) is 58.2 Å². The second-order valence-corrected chi connectivity index (χ2v) is 11.6. The minimum absolute atomic E-state index is 0.250. The van der Waals surface area contributed by atoms with Crippen LogP contribution in [0.3, 0.4) is 0 Å². The molecule has 0 N–H and O–H groups in total. The van der Waals surface area contributed by atoms with Crippen LogP contribution in [0.2, 0.25) is 0 Å². The Morgan fingerprint density at radius 3 is 2.50 bits per heavy atom. The fourth-order valence-corrected chi connectivity index (χ4v) is 6.05. The summed E-state index contributed by atoms with van der Waals surface area (Å²) in [6, 6.07) is 15.3. The Balaban J connectivity index is 1.49. The third kappa shape index (κ3) is 5.49. The lowest BCUT2D eigenvalue weighted by molar-refractivity contribution is -0.111. The topological polar surface area (TPSA) is 45.7 Å². The minimum atomic E-state index is -0.273. The molecule has 0 bridgehead atoms. The standard InChI is InChI=1S/C34H40ClN2O3/c1-6-36(7-2)25-15-13-23-18-27-31(39-29(23)20-25)22-32-28(34(27,4)5)19-24-14-16-26(21-30(24)40-32)37(8-3)17-11-9-10-12-33(35)38/h13-16,18-22H,6-12,17H2,1-5H3/q+1. The normalized spacial score (nSPS) is 15.8. The molecule has 0 fully saturated rings. The van der Waals surface area contributed by atoms with Gasteiger partial charge >= 0.3 is 0 Å². The van der Waals surface area contributed by atoms with E-state index in [-0.39, 0.29) is 10.7 Å². The van der Waals surface area contributed by atoms with Crippen molar-refractivity contribution in [2.75, 3.05) is 31.1 Å². The number of halogens is 1. The van der Waals surface area contributed by atoms with Gasteiger partial charge in [-0.25, -0.2) is 4.58 Å². The molecule has 0 aromatic heterocycles. The van der Waals surface area contributed by atoms with Crippen molar-refractivity contribution < 1.29 is 13.9 Å². The number of hydrogen-bond donors (Lipinski definition) is 0. The SMILES string of the molecule is CCN(CC)c1ccc2c(c1)OC1=Cc3oc4cc(=[N+](CC)CCCCCC(=O)Cl)ccc-4cc3C(C)(C)C1=C2. The van der Waals surface area contributed by atoms with E-state index >= 15 is 0 Å². The minimum Gasteiger partial charge on any atom is -0.456 e. The smallest absolute Gasteiger partial charge is 0.221 e. The van der Waals surface area contributed by atoms with Crippen LogP contribution in [0.1, 0.15) is 77.2 Å². The molecule has 2 aliphatic heterocycles. The maximum Gasteiger partial charge on any atom is 0.221 e. The first kappa shape index (κ1) is 28.2. The molecule has 0 unspecified atom stereocenters. The monoisotopic (exact) mass is 559 g/mol. The third-order valence-electron chi connectivity index (χ3n) is 8.35. The number of nitrogens with zero attached hydrogens (tertiary/aromatic N) is 2. The average Bonchev–Trinajstić information content (AvgIpc) is 2.94. The first-order valence-corrected chi connectivity index (χ1v) is 15.0. The largest absolute Gasteiger partial charge is 0.456 e. The molecule has 4 aliphatic rings. The van der Waals surface area contributed by atoms with E-state index in [4.69, 9.17) is 20.8 Å². The Bertz CT molecular complexity index is 1520. The molecule has 0 saturated carbocycles. The van der Waals surface area contributed by atoms with Gasteiger partial charge in [0.15, 0.2) is 0 Å². The summed E-state index contributed by atoms with van der Waals surface area (Å²) in [7, 11) is 0. The molecule has 0 spiro atoms. The van der Waals surface area contributed by atoms with Crippen molar-refractivity contribution in [1.82, 2.24) is 4.58 Å². The van der Waals surface area contributed by atoms with E-state index in [1.807, 2.05) is 0 Å². The van der Waals surface area contributed by atoms with Gasteiger partial charge in [0.25, 0.3) is 0 Å². The van der Waals surface area contributed by atoms with E-state index in [2.05, 4.69) is 98.7 Å². The molecule has 40 heavy (non-hydrogen) atoms. The molecule has 5 nitrogen and oxygen atoms in total. The summed E-state index contributed by atoms with van der Waals surface area (Å²) >= 11 is 5.48. The van der Waals surface area contributed by atoms with Crippen LogP contribution in [0.5, 0.6) is 5.75 Å². The van der Waals surface area contributed by atoms with Crippen molar-refractivity contribution in [1.29, 1.82) is 0 Å². The van der Waals surface area contributed by atoms with Gasteiger partial charge in [0.1, 0.15) is 36.1 Å². The molecule has 5 rings (SSSR count). The number of hydrogen-bond acceptors (Lipinski definition) is 4. The highest BCUT2D eigenvalue weighted by Gasteiger charge is 2.39. The van der Waals surface area contributed by atoms with Gasteiger partial charge in [0, 0.05) is 77.5 Å². The average molecular weight is 560 g/mol. The quantitative estimate of drug-likeness (QED) is 0.147. The van der Waals surface area contributed by atoms with Gasteiger partial charge in [0.2, 0.25) is 10.6 Å². The predicted molar refractivity (Wildman–Crippen MR) is 165 cm³/mol. The zero-order valence-corrected chi connectivity index (χ0v) is 25.1. The second kappa shape index (κ2) is 11.7. The number of fused-ring (bicyclic) bond motifs is 4. The van der Waals surface area contributed by atoms with Gasteiger partial charge in [0.05, 0.1) is 6.07 Å². The lowest BCUT2D eigenvalue weighted by atomic mass is 9.71. The first-order valence-electron chi connectivity index (χ1n) is 14.6. The van der Waals surface area contributed by atoms with Crippen LogP contribution in [0, 0.1) is 0 Å². The Morgan fingerprint density at radius 2 is 1.77 bits per heavy atom. The molecule has 0 atom stereocenters. The predicted octanol–water partition coefficient (Wildman–Crippen LogP) is 7.46. The fourth-order valence-electron chi connectivity index (χ4n) is 5.91. The Hall–Kier alpha value is -3.31. The fraction of sp³-hybridized carbons (Fsp3) is 0.412. The van der Waals surface area contributed by atoms with Gasteiger partial charge in [-0.1, -0.05) is 13.8 Å². The third-order valence-corrected chi connectivity index (χ3v) is 8.54. The van der Waals surface area contributed by atoms with E-state index in [1.165, 1.54) is 11.3 Å². The number of carbonyl (C=O) groups is 1. The number of benzene rings is 2. The molecule has 210 valence electrons. The first-order chi connectivity index (χ1) is 19.2. The Labute approximate surface area is 242 Å². The summed E-state index contributed by atoms with van der Waals surface area (Å²) in [5.74, 6) is 3.45. The summed E-state index contributed by atoms with van der Waals surface area (Å²) in [5.41, 5.74) is 5.43. The molecule has 0 radical (unpaired) electrons. The summed E-state index contributed by atoms with van der Waals surface area (Å²) in [6.07, 6.45) is 7.61. The number of allylic oxidation sites excluding steroid dienone is 1. The molecule has 1 aromatic rings. The van der Waals surface area contributed by atoms with E-state index in [0.29, 0.717) is 6.42 Å². The highest BCUT2D eigenvalue weighted by Crippen LogP contribution is 2.49. The zero-order chi connectivity index (χ0) is 28.4. The molecule has 0 amide bonds. The van der Waals surface area contributed by atoms with Crippen molar-refractivity contribution in [3.8, 4) is 17.1 Å². The zero-order valence-electron chi connectivity index (χ0n) is 24.4. The molecular weight excluding hydrogens is 520 g/mol. The highest BCUT2D eigenvalue weighted by molar-refractivity contribution is 6.63. The van der Waals surface area contributed by atoms with Crippen molar-refractivity contribution >= 4 is 34.7 Å². The van der Waals surface area contributed by atoms with Gasteiger partial charge in [-0.05, 0) is 75.6 Å². The number of ether oxygens (including phenoxy) is 1. The van der Waals surface area contributed by atoms with Crippen molar-refractivity contribution in [2.24, 2.45) is 0 Å². The molecular formula is C34H40ClN2O3+. The van der Waals surface area contributed by atoms with E-state index < -0.39 is 0 Å². The Morgan fingerprint density at radius 1 is 0.975 bits per heavy atom. The maximum atomic E-state index is 11.0. The summed E-state index contributed by atoms with van der Waals surface area (Å²) in [6.45, 7) is 14.8. The van der Waals surface area contributed by atoms with Crippen molar-refractivity contribution in [3.05, 3.63) is 76.0 Å². The maximum absolute atomic E-state index is 11.0. The number of rotatable bonds is 10. The highest BCUT2D eigenvalue weighted by atomic mass is 35.5. The molecule has 6 heteroatoms. The van der Waals surface area contributed by atoms with Gasteiger partial charge < -0.3 is 14.1 Å². The van der Waals surface area contributed by atoms with Gasteiger partial charge in [-0.3, -0.25) is 4.79 Å². The summed E-state index contributed by atoms with van der Waals surface area (Å²) in [4.78, 5) is 13.3. The summed E-state index contributed by atoms with van der Waals surface area (Å²) in [5, 5.41) is 0.891. The van der Waals surface area contributed by atoms with Crippen LogP contribution >= 0.6 is 11.6 Å². The van der Waals surface area contributed by atoms with Crippen LogP contribution in [-0.2, 0) is 10.2 Å². The number of anilines is 1. The van der Waals surface area contributed by atoms with E-state index in [0.717, 1.165) is 90.5 Å². The van der Waals surface area contributed by atoms with Gasteiger partial charge in [-0.2, -0.15) is 0 Å². The second-order valence-electron chi connectivity index (χ2n) is 11.2. The Kier molecular flexibility index (Phi) is 8.23. The van der Waals surface area contributed by atoms with Crippen LogP contribution < -0.4 is 19.6 Å². The van der Waals surface area contributed by atoms with Crippen LogP contribution in [0.4, 0.5) is 5.69 Å². The van der Waals surface area contributed by atoms with E-state index in [9.17, 15) is 4.79 Å². The van der Waals surface area contributed by atoms with Crippen molar-refractivity contribution in [3.63, 3.8) is 0 Å². The van der Waals surface area contributed by atoms with Gasteiger partial charge in [-0.15, -0.1) is 0 Å². The lowest BCUT2D eigenvalue weighted by Gasteiger charge is -2.37. The van der Waals surface area contributed by atoms with Crippen LogP contribution in [0.25, 0.3) is 23.5 Å². The molecule has 0 saturated heterocycles.